The molecule has 2 fully saturated rings. The normalized spacial score (nSPS) is 20.1. The van der Waals surface area contributed by atoms with Crippen molar-refractivity contribution in [3.8, 4) is 45.0 Å². The van der Waals surface area contributed by atoms with Gasteiger partial charge in [-0.15, -0.1) is 0 Å². The first-order valence-corrected chi connectivity index (χ1v) is 36.4. The molecule has 0 saturated heterocycles. The molecule has 0 bridgehead atoms. The van der Waals surface area contributed by atoms with Crippen molar-refractivity contribution in [1.29, 1.82) is 0 Å². The molecule has 2 aliphatic rings. The van der Waals surface area contributed by atoms with Crippen molar-refractivity contribution in [2.75, 3.05) is 0 Å². The third-order valence-electron chi connectivity index (χ3n) is 20.6. The van der Waals surface area contributed by atoms with E-state index in [0.717, 1.165) is 112 Å². The van der Waals surface area contributed by atoms with Crippen LogP contribution in [0.25, 0.3) is 133 Å². The number of aromatic nitrogens is 8. The predicted molar refractivity (Wildman–Crippen MR) is 430 cm³/mol. The lowest BCUT2D eigenvalue weighted by molar-refractivity contribution is -0.660. The number of nitrogens with zero attached hydrogens (tertiary/aromatic N) is 8. The van der Waals surface area contributed by atoms with Crippen LogP contribution in [0.2, 0.25) is 0 Å². The lowest BCUT2D eigenvalue weighted by Crippen LogP contribution is -2.31. The van der Waals surface area contributed by atoms with Gasteiger partial charge in [0.1, 0.15) is 28.2 Å². The number of furan rings is 4. The maximum atomic E-state index is 9.03. The minimum absolute atomic E-state index is 0.0165. The zero-order valence-electron chi connectivity index (χ0n) is 78.8. The van der Waals surface area contributed by atoms with Crippen molar-refractivity contribution < 1.29 is 57.9 Å². The minimum Gasteiger partial charge on any atom is -0.437 e. The summed E-state index contributed by atoms with van der Waals surface area (Å²) in [7, 11) is 7.84. The van der Waals surface area contributed by atoms with Gasteiger partial charge in [0.2, 0.25) is 45.6 Å². The monoisotopic (exact) mass is 1420 g/mol. The largest absolute Gasteiger partial charge is 0.437 e. The maximum absolute atomic E-state index is 9.03. The molecule has 3 atom stereocenters. The molecule has 0 radical (unpaired) electrons. The second-order valence-corrected chi connectivity index (χ2v) is 28.4. The summed E-state index contributed by atoms with van der Waals surface area (Å²) < 4.78 is 166. The van der Waals surface area contributed by atoms with Gasteiger partial charge in [-0.1, -0.05) is 115 Å². The summed E-state index contributed by atoms with van der Waals surface area (Å²) in [5.41, 5.74) is 22.0. The first kappa shape index (κ1) is 54.0. The number of hydrogen-bond donors (Lipinski definition) is 0. The van der Waals surface area contributed by atoms with E-state index >= 15 is 0 Å². The number of rotatable bonds is 9. The quantitative estimate of drug-likeness (QED) is 0.131. The van der Waals surface area contributed by atoms with Crippen LogP contribution in [0.3, 0.4) is 0 Å². The Kier molecular flexibility index (Phi) is 14.9. The molecule has 16 aromatic rings. The van der Waals surface area contributed by atoms with Crippen molar-refractivity contribution in [2.45, 2.75) is 171 Å². The summed E-state index contributed by atoms with van der Waals surface area (Å²) in [5, 5.41) is 7.36. The molecule has 3 unspecified atom stereocenters. The smallest absolute Gasteiger partial charge is 0.227 e. The van der Waals surface area contributed by atoms with Gasteiger partial charge in [0.15, 0.2) is 47.1 Å². The van der Waals surface area contributed by atoms with Gasteiger partial charge in [-0.25, -0.2) is 38.2 Å². The summed E-state index contributed by atoms with van der Waals surface area (Å²) in [6.07, 6.45) is 4.61. The van der Waals surface area contributed by atoms with Gasteiger partial charge in [-0.05, 0) is 186 Å². The van der Waals surface area contributed by atoms with Crippen LogP contribution in [-0.2, 0) is 34.6 Å². The van der Waals surface area contributed by atoms with Crippen LogP contribution in [0.5, 0.6) is 0 Å². The van der Waals surface area contributed by atoms with E-state index < -0.39 is 56.4 Å². The average Bonchev–Trinajstić information content (AvgIpc) is 0.847. The summed E-state index contributed by atoms with van der Waals surface area (Å²) in [6.45, 7) is 14.2. The molecule has 12 heteroatoms. The molecule has 2 saturated carbocycles. The number of pyridine rings is 8. The van der Waals surface area contributed by atoms with Gasteiger partial charge < -0.3 is 17.7 Å². The Hall–Kier alpha value is -10.7. The SMILES string of the molecule is CCc1ccc2c(n1)oc1c(-c3ccc(C)c[n+]3C)c(C)ccc12.Cc1ccc(-c2c(C)ccc3c2oc2nc(C)ccc23)[n+](C)c1.[2H]C([2H])([2H])C([2H])(C)c1cc[n+](C)c(-c2c(C)ccc3c2oc2nc(C4([2H])C([2H])([2H])CCCC4([2H])[2H])ccc23)c1.[2H]C([2H])([2H])C([2H])(C)c1cc[n+](C)c(-c2c(C)ccc3c2oc2nc(C4([2H])CCCC4([2H])[2H])ccc23)c1. The summed E-state index contributed by atoms with van der Waals surface area (Å²) >= 11 is 0. The zero-order chi connectivity index (χ0) is 88.0. The standard InChI is InChI=1S/C27H31N2O.C26H29N2O.C21H21N2O.C20H19N2O/c1-17(2)20-14-15-29(4)24(16-20)25-18(3)10-11-21-22-12-13-23(19-8-6-5-7-9-19)28-27(22)30-26(21)25;1-16(2)19-13-14-28(4)23(15-19)24-17(3)9-10-20-21-11-12-22(18-7-5-6-8-18)27-26(21)29-25(20)24;1-5-15-8-10-17-16-9-7-14(3)19(20(16)24-21(17)22-15)18-11-6-13(2)12-23(18)4;1-12-5-10-17(22(4)11-12)18-13(2)6-8-15-16-9-7-14(3)21-20(16)23-19(15)18/h10-17,19H,5-9H2,1-4H3;9-16,18H,5-8H2,1-4H3;6-12H,5H2,1-4H3;5-11H,1-4H3/q4*+1/i1D3,8D2,9D2,17D,19D;1D3,7D2,16D,18D;;. The highest BCUT2D eigenvalue weighted by atomic mass is 16.4. The second-order valence-electron chi connectivity index (χ2n) is 28.4. The van der Waals surface area contributed by atoms with E-state index in [1.165, 1.54) is 42.2 Å². The van der Waals surface area contributed by atoms with Crippen LogP contribution in [0.4, 0.5) is 0 Å². The van der Waals surface area contributed by atoms with Gasteiger partial charge in [0.05, 0.1) is 22.3 Å². The Morgan fingerprint density at radius 2 is 0.792 bits per heavy atom. The molecular weight excluding hydrogens is 1310 g/mol. The van der Waals surface area contributed by atoms with Gasteiger partial charge in [0.25, 0.3) is 0 Å². The predicted octanol–water partition coefficient (Wildman–Crippen LogP) is 22.6. The van der Waals surface area contributed by atoms with Crippen LogP contribution in [-0.4, -0.2) is 19.9 Å². The van der Waals surface area contributed by atoms with E-state index in [1.54, 1.807) is 48.8 Å². The fourth-order valence-electron chi connectivity index (χ4n) is 14.9. The highest BCUT2D eigenvalue weighted by Gasteiger charge is 2.29. The summed E-state index contributed by atoms with van der Waals surface area (Å²) in [6, 6.07) is 46.8. The first-order valence-electron chi connectivity index (χ1n) is 44.4. The van der Waals surface area contributed by atoms with Gasteiger partial charge in [0, 0.05) is 147 Å². The number of hydrogen-bond acceptors (Lipinski definition) is 8. The Balaban J connectivity index is 0.000000129. The summed E-state index contributed by atoms with van der Waals surface area (Å²) in [5.74, 6) is -7.25. The number of fused-ring (bicyclic) bond motifs is 12. The van der Waals surface area contributed by atoms with E-state index in [0.29, 0.717) is 87.4 Å². The molecular formula is C94H100N8O4+4. The first-order chi connectivity index (χ1) is 57.2. The van der Waals surface area contributed by atoms with Crippen LogP contribution in [0.15, 0.2) is 188 Å². The Morgan fingerprint density at radius 1 is 0.415 bits per heavy atom. The number of aryl methyl sites for hydroxylation is 12. The van der Waals surface area contributed by atoms with Crippen LogP contribution >= 0.6 is 0 Å². The van der Waals surface area contributed by atoms with Crippen LogP contribution < -0.4 is 18.3 Å². The second kappa shape index (κ2) is 29.3. The van der Waals surface area contributed by atoms with Crippen molar-refractivity contribution in [3.05, 3.63) is 238 Å². The molecule has 12 aromatic heterocycles. The highest BCUT2D eigenvalue weighted by Crippen LogP contribution is 2.44. The van der Waals surface area contributed by atoms with E-state index in [2.05, 4.69) is 157 Å². The van der Waals surface area contributed by atoms with E-state index in [1.807, 2.05) is 80.4 Å². The van der Waals surface area contributed by atoms with Crippen molar-refractivity contribution >= 4 is 88.3 Å². The van der Waals surface area contributed by atoms with Crippen molar-refractivity contribution in [3.63, 3.8) is 0 Å². The molecule has 0 N–H and O–H groups in total. The molecule has 0 aliphatic heterocycles. The third kappa shape index (κ3) is 13.5. The molecule has 2 aliphatic carbocycles. The topological polar surface area (TPSA) is 120 Å². The molecule has 0 spiro atoms. The Bertz CT molecular complexity index is 6860. The number of benzene rings is 4. The van der Waals surface area contributed by atoms with E-state index in [4.69, 9.17) is 39.6 Å². The molecule has 536 valence electrons. The zero-order valence-corrected chi connectivity index (χ0v) is 62.8. The molecule has 4 aromatic carbocycles. The van der Waals surface area contributed by atoms with E-state index in [9.17, 15) is 0 Å². The summed E-state index contributed by atoms with van der Waals surface area (Å²) in [4.78, 5) is 18.4. The third-order valence-corrected chi connectivity index (χ3v) is 20.6. The lowest BCUT2D eigenvalue weighted by atomic mass is 9.86. The van der Waals surface area contributed by atoms with Gasteiger partial charge >= 0.3 is 0 Å². The molecule has 0 amide bonds. The Morgan fingerprint density at radius 3 is 1.21 bits per heavy atom. The lowest BCUT2D eigenvalue weighted by Gasteiger charge is -2.20. The highest BCUT2D eigenvalue weighted by molar-refractivity contribution is 6.12. The van der Waals surface area contributed by atoms with Gasteiger partial charge in [-0.2, -0.15) is 0 Å². The maximum Gasteiger partial charge on any atom is 0.227 e. The average molecular weight is 1420 g/mol. The van der Waals surface area contributed by atoms with Gasteiger partial charge in [-0.3, -0.25) is 0 Å². The fourth-order valence-corrected chi connectivity index (χ4v) is 14.9. The minimum atomic E-state index is -2.54. The Labute approximate surface area is 644 Å². The molecule has 12 nitrogen and oxygen atoms in total. The van der Waals surface area contributed by atoms with Crippen LogP contribution in [0.1, 0.15) is 205 Å². The fraction of sp³-hybridized carbons (Fsp3) is 0.319. The van der Waals surface area contributed by atoms with Crippen molar-refractivity contribution in [2.24, 2.45) is 28.2 Å². The molecule has 18 rings (SSSR count). The molecule has 106 heavy (non-hydrogen) atoms. The van der Waals surface area contributed by atoms with E-state index in [-0.39, 0.29) is 24.2 Å². The van der Waals surface area contributed by atoms with Crippen molar-refractivity contribution in [1.82, 2.24) is 19.9 Å². The van der Waals surface area contributed by atoms with Crippen LogP contribution in [0, 0.1) is 48.5 Å². The molecule has 12 heterocycles.